The van der Waals surface area contributed by atoms with Gasteiger partial charge in [0.2, 0.25) is 0 Å². The summed E-state index contributed by atoms with van der Waals surface area (Å²) in [6, 6.07) is 16.6. The van der Waals surface area contributed by atoms with Crippen molar-refractivity contribution >= 4 is 15.6 Å². The van der Waals surface area contributed by atoms with E-state index in [1.807, 2.05) is 30.3 Å². The molecule has 29 heavy (non-hydrogen) atoms. The predicted molar refractivity (Wildman–Crippen MR) is 104 cm³/mol. The molecule has 3 rings (SSSR count). The number of pyridine rings is 1. The van der Waals surface area contributed by atoms with E-state index in [1.165, 1.54) is 6.07 Å². The highest BCUT2D eigenvalue weighted by Gasteiger charge is 2.33. The van der Waals surface area contributed by atoms with Crippen molar-refractivity contribution in [3.63, 3.8) is 0 Å². The zero-order chi connectivity index (χ0) is 21.2. The molecule has 0 aliphatic rings. The Morgan fingerprint density at radius 2 is 1.66 bits per heavy atom. The number of benzene rings is 2. The van der Waals surface area contributed by atoms with E-state index >= 15 is 0 Å². The zero-order valence-corrected chi connectivity index (χ0v) is 15.8. The molecule has 0 aliphatic heterocycles. The standard InChI is InChI=1S/C21H16F3NO3S/c1-14(26)18-11-10-16(15-6-3-2-4-7-15)12-17(18)13-29(27,28)20-9-5-8-19(25-20)21(22,23)24/h2-12,26H,1,13H2. The van der Waals surface area contributed by atoms with E-state index in [9.17, 15) is 26.7 Å². The maximum atomic E-state index is 12.9. The van der Waals surface area contributed by atoms with Crippen molar-refractivity contribution in [3.05, 3.63) is 90.1 Å². The van der Waals surface area contributed by atoms with E-state index in [2.05, 4.69) is 11.6 Å². The minimum atomic E-state index is -4.76. The van der Waals surface area contributed by atoms with Crippen LogP contribution in [0.25, 0.3) is 16.9 Å². The normalized spacial score (nSPS) is 12.0. The molecule has 4 nitrogen and oxygen atoms in total. The van der Waals surface area contributed by atoms with Crippen LogP contribution in [0.15, 0.2) is 78.3 Å². The van der Waals surface area contributed by atoms with Gasteiger partial charge in [0.05, 0.1) is 5.75 Å². The van der Waals surface area contributed by atoms with Crippen LogP contribution in [0.1, 0.15) is 16.8 Å². The molecule has 150 valence electrons. The summed E-state index contributed by atoms with van der Waals surface area (Å²) < 4.78 is 64.2. The van der Waals surface area contributed by atoms with Crippen molar-refractivity contribution in [2.45, 2.75) is 17.0 Å². The first-order chi connectivity index (χ1) is 13.6. The molecule has 1 heterocycles. The monoisotopic (exact) mass is 419 g/mol. The molecule has 0 atom stereocenters. The summed E-state index contributed by atoms with van der Waals surface area (Å²) in [7, 11) is -4.21. The Hall–Kier alpha value is -3.13. The summed E-state index contributed by atoms with van der Waals surface area (Å²) in [5.74, 6) is -0.983. The molecule has 0 bridgehead atoms. The Morgan fingerprint density at radius 1 is 0.966 bits per heavy atom. The molecule has 3 aromatic rings. The van der Waals surface area contributed by atoms with Crippen LogP contribution in [-0.2, 0) is 21.8 Å². The molecule has 1 aromatic heterocycles. The van der Waals surface area contributed by atoms with Crippen LogP contribution in [0.5, 0.6) is 0 Å². The first kappa shape index (κ1) is 20.6. The van der Waals surface area contributed by atoms with E-state index in [1.54, 1.807) is 12.1 Å². The van der Waals surface area contributed by atoms with Gasteiger partial charge in [0.15, 0.2) is 14.9 Å². The Labute approximate surface area is 165 Å². The van der Waals surface area contributed by atoms with Crippen LogP contribution in [0.2, 0.25) is 0 Å². The fourth-order valence-corrected chi connectivity index (χ4v) is 4.15. The fourth-order valence-electron chi connectivity index (χ4n) is 2.83. The molecule has 0 spiro atoms. The summed E-state index contributed by atoms with van der Waals surface area (Å²) in [5.41, 5.74) is 0.623. The number of hydrogen-bond acceptors (Lipinski definition) is 4. The highest BCUT2D eigenvalue weighted by atomic mass is 32.2. The number of alkyl halides is 3. The number of nitrogens with zero attached hydrogens (tertiary/aromatic N) is 1. The molecule has 2 aromatic carbocycles. The van der Waals surface area contributed by atoms with Crippen LogP contribution >= 0.6 is 0 Å². The average Bonchev–Trinajstić information content (AvgIpc) is 2.67. The van der Waals surface area contributed by atoms with Crippen molar-refractivity contribution in [2.24, 2.45) is 0 Å². The SMILES string of the molecule is C=C(O)c1ccc(-c2ccccc2)cc1CS(=O)(=O)c1cccc(C(F)(F)F)n1. The van der Waals surface area contributed by atoms with Crippen LogP contribution in [0.4, 0.5) is 13.2 Å². The molecule has 0 amide bonds. The third-order valence-electron chi connectivity index (χ3n) is 4.20. The Bertz CT molecular complexity index is 1160. The van der Waals surface area contributed by atoms with Gasteiger partial charge in [0, 0.05) is 5.56 Å². The van der Waals surface area contributed by atoms with Gasteiger partial charge in [-0.2, -0.15) is 13.2 Å². The highest BCUT2D eigenvalue weighted by molar-refractivity contribution is 7.90. The molecule has 0 fully saturated rings. The van der Waals surface area contributed by atoms with Crippen LogP contribution in [-0.4, -0.2) is 18.5 Å². The van der Waals surface area contributed by atoms with Gasteiger partial charge in [-0.1, -0.05) is 55.1 Å². The van der Waals surface area contributed by atoms with Gasteiger partial charge in [0.25, 0.3) is 0 Å². The Kier molecular flexibility index (Phi) is 5.48. The number of aliphatic hydroxyl groups is 1. The van der Waals surface area contributed by atoms with Crippen molar-refractivity contribution in [1.29, 1.82) is 0 Å². The van der Waals surface area contributed by atoms with E-state index in [-0.39, 0.29) is 16.9 Å². The van der Waals surface area contributed by atoms with Gasteiger partial charge in [-0.3, -0.25) is 0 Å². The van der Waals surface area contributed by atoms with Crippen molar-refractivity contribution in [1.82, 2.24) is 4.98 Å². The second-order valence-corrected chi connectivity index (χ2v) is 8.24. The summed E-state index contributed by atoms with van der Waals surface area (Å²) in [4.78, 5) is 3.27. The third kappa shape index (κ3) is 4.65. The second kappa shape index (κ2) is 7.71. The molecule has 0 aliphatic carbocycles. The van der Waals surface area contributed by atoms with Crippen molar-refractivity contribution in [2.75, 3.05) is 0 Å². The summed E-state index contributed by atoms with van der Waals surface area (Å²) in [5, 5.41) is 9.14. The predicted octanol–water partition coefficient (Wildman–Crippen LogP) is 5.27. The van der Waals surface area contributed by atoms with E-state index < -0.39 is 32.5 Å². The lowest BCUT2D eigenvalue weighted by molar-refractivity contribution is -0.141. The maximum absolute atomic E-state index is 12.9. The first-order valence-electron chi connectivity index (χ1n) is 8.41. The Morgan fingerprint density at radius 3 is 2.28 bits per heavy atom. The van der Waals surface area contributed by atoms with Gasteiger partial charge >= 0.3 is 6.18 Å². The smallest absolute Gasteiger partial charge is 0.433 e. The lowest BCUT2D eigenvalue weighted by atomic mass is 9.99. The minimum absolute atomic E-state index is 0.195. The maximum Gasteiger partial charge on any atom is 0.433 e. The summed E-state index contributed by atoms with van der Waals surface area (Å²) in [6.07, 6.45) is -4.76. The average molecular weight is 419 g/mol. The van der Waals surface area contributed by atoms with Gasteiger partial charge in [-0.25, -0.2) is 13.4 Å². The molecule has 0 unspecified atom stereocenters. The summed E-state index contributed by atoms with van der Waals surface area (Å²) in [6.45, 7) is 3.43. The van der Waals surface area contributed by atoms with Gasteiger partial charge in [-0.15, -0.1) is 0 Å². The Balaban J connectivity index is 2.05. The minimum Gasteiger partial charge on any atom is -0.508 e. The lowest BCUT2D eigenvalue weighted by Gasteiger charge is -2.13. The molecule has 1 N–H and O–H groups in total. The number of halogens is 3. The van der Waals surface area contributed by atoms with Crippen LogP contribution in [0.3, 0.4) is 0 Å². The van der Waals surface area contributed by atoms with Gasteiger partial charge in [0.1, 0.15) is 11.5 Å². The molecule has 0 radical (unpaired) electrons. The molecular weight excluding hydrogens is 403 g/mol. The van der Waals surface area contributed by atoms with Crippen molar-refractivity contribution < 1.29 is 26.7 Å². The van der Waals surface area contributed by atoms with E-state index in [0.29, 0.717) is 11.6 Å². The summed E-state index contributed by atoms with van der Waals surface area (Å²) >= 11 is 0. The number of sulfone groups is 1. The largest absolute Gasteiger partial charge is 0.508 e. The topological polar surface area (TPSA) is 67.3 Å². The molecule has 0 saturated carbocycles. The molecule has 8 heteroatoms. The van der Waals surface area contributed by atoms with Crippen LogP contribution < -0.4 is 0 Å². The van der Waals surface area contributed by atoms with Crippen molar-refractivity contribution in [3.8, 4) is 11.1 Å². The number of hydrogen-bond donors (Lipinski definition) is 1. The number of aliphatic hydroxyl groups excluding tert-OH is 1. The third-order valence-corrected chi connectivity index (χ3v) is 5.76. The quantitative estimate of drug-likeness (QED) is 0.572. The second-order valence-electron chi connectivity index (χ2n) is 6.30. The van der Waals surface area contributed by atoms with Crippen LogP contribution in [0, 0.1) is 0 Å². The lowest BCUT2D eigenvalue weighted by Crippen LogP contribution is -2.13. The van der Waals surface area contributed by atoms with Gasteiger partial charge in [-0.05, 0) is 34.9 Å². The number of aromatic nitrogens is 1. The number of rotatable bonds is 5. The first-order valence-corrected chi connectivity index (χ1v) is 10.1. The van der Waals surface area contributed by atoms with Gasteiger partial charge < -0.3 is 5.11 Å². The zero-order valence-electron chi connectivity index (χ0n) is 15.0. The highest BCUT2D eigenvalue weighted by Crippen LogP contribution is 2.30. The van der Waals surface area contributed by atoms with E-state index in [0.717, 1.165) is 17.7 Å². The van der Waals surface area contributed by atoms with E-state index in [4.69, 9.17) is 0 Å². The molecule has 0 saturated heterocycles. The fraction of sp³-hybridized carbons (Fsp3) is 0.0952. The molecular formula is C21H16F3NO3S.